The first-order chi connectivity index (χ1) is 16.4. The van der Waals surface area contributed by atoms with Gasteiger partial charge in [0.1, 0.15) is 12.0 Å². The number of nitrogens with zero attached hydrogens (tertiary/aromatic N) is 3. The molecule has 1 unspecified atom stereocenters. The summed E-state index contributed by atoms with van der Waals surface area (Å²) in [4.78, 5) is 30.8. The molecule has 1 fully saturated rings. The van der Waals surface area contributed by atoms with Gasteiger partial charge in [-0.1, -0.05) is 12.1 Å². The number of carbonyl (C=O) groups excluding carboxylic acids is 2. The molecule has 34 heavy (non-hydrogen) atoms. The van der Waals surface area contributed by atoms with Gasteiger partial charge in [0.2, 0.25) is 0 Å². The lowest BCUT2D eigenvalue weighted by Crippen LogP contribution is -2.49. The van der Waals surface area contributed by atoms with Gasteiger partial charge in [-0.05, 0) is 37.4 Å². The molecule has 1 aliphatic heterocycles. The fourth-order valence-corrected chi connectivity index (χ4v) is 3.83. The molecular weight excluding hydrogens is 436 g/mol. The molecule has 1 amide bonds. The highest BCUT2D eigenvalue weighted by molar-refractivity contribution is 6.07. The predicted octanol–water partition coefficient (Wildman–Crippen LogP) is 2.26. The van der Waals surface area contributed by atoms with Crippen molar-refractivity contribution in [2.75, 3.05) is 65.1 Å². The summed E-state index contributed by atoms with van der Waals surface area (Å²) >= 11 is 0. The minimum atomic E-state index is -0.307. The molecule has 2 aromatic carbocycles. The minimum Gasteiger partial charge on any atom is -0.495 e. The maximum atomic E-state index is 13.1. The van der Waals surface area contributed by atoms with Crippen LogP contribution in [0.3, 0.4) is 0 Å². The van der Waals surface area contributed by atoms with Crippen molar-refractivity contribution in [1.82, 2.24) is 9.80 Å². The van der Waals surface area contributed by atoms with Gasteiger partial charge in [-0.3, -0.25) is 9.69 Å². The van der Waals surface area contributed by atoms with Gasteiger partial charge < -0.3 is 29.7 Å². The largest absolute Gasteiger partial charge is 0.495 e. The molecule has 0 bridgehead atoms. The topological polar surface area (TPSA) is 97.6 Å². The first kappa shape index (κ1) is 25.3. The Bertz CT molecular complexity index is 1050. The van der Waals surface area contributed by atoms with Crippen molar-refractivity contribution in [3.63, 3.8) is 0 Å². The van der Waals surface area contributed by atoms with Gasteiger partial charge in [0.15, 0.2) is 17.5 Å². The summed E-state index contributed by atoms with van der Waals surface area (Å²) in [5.74, 6) is 2.52. The van der Waals surface area contributed by atoms with Crippen LogP contribution in [-0.4, -0.2) is 82.4 Å². The molecule has 0 spiro atoms. The predicted molar refractivity (Wildman–Crippen MR) is 131 cm³/mol. The Morgan fingerprint density at radius 1 is 1.12 bits per heavy atom. The number of amides is 1. The number of hydrogen-bond donors (Lipinski definition) is 1. The van der Waals surface area contributed by atoms with Crippen LogP contribution in [0.4, 0.5) is 11.4 Å². The molecule has 2 N–H and O–H groups in total. The molecule has 1 aliphatic rings. The summed E-state index contributed by atoms with van der Waals surface area (Å²) in [6.45, 7) is 3.51. The second-order valence-electron chi connectivity index (χ2n) is 8.15. The van der Waals surface area contributed by atoms with Crippen molar-refractivity contribution in [3.8, 4) is 11.5 Å². The van der Waals surface area contributed by atoms with Crippen molar-refractivity contribution in [2.45, 2.75) is 12.6 Å². The van der Waals surface area contributed by atoms with Gasteiger partial charge in [-0.2, -0.15) is 0 Å². The number of nitrogens with two attached hydrogens (primary N) is 1. The fraction of sp³-hybridized carbons (Fsp3) is 0.400. The van der Waals surface area contributed by atoms with Crippen molar-refractivity contribution in [3.05, 3.63) is 53.8 Å². The monoisotopic (exact) mass is 468 g/mol. The molecule has 1 saturated heterocycles. The summed E-state index contributed by atoms with van der Waals surface area (Å²) in [6, 6.07) is 11.9. The molecule has 9 nitrogen and oxygen atoms in total. The molecule has 0 aliphatic carbocycles. The normalized spacial score (nSPS) is 15.3. The molecule has 3 rings (SSSR count). The van der Waals surface area contributed by atoms with Crippen LogP contribution in [0.1, 0.15) is 16.8 Å². The number of methoxy groups -OCH3 is 2. The molecule has 9 heteroatoms. The number of ether oxygens (including phenoxy) is 3. The van der Waals surface area contributed by atoms with Crippen LogP contribution in [0.25, 0.3) is 0 Å². The summed E-state index contributed by atoms with van der Waals surface area (Å²) in [6.07, 6.45) is -0.0656. The van der Waals surface area contributed by atoms with Gasteiger partial charge in [0.05, 0.1) is 24.9 Å². The van der Waals surface area contributed by atoms with Crippen LogP contribution < -0.4 is 20.1 Å². The Labute approximate surface area is 200 Å². The average molecular weight is 469 g/mol. The lowest BCUT2D eigenvalue weighted by Gasteiger charge is -2.37. The van der Waals surface area contributed by atoms with Crippen molar-refractivity contribution >= 4 is 23.2 Å². The van der Waals surface area contributed by atoms with E-state index in [-0.39, 0.29) is 24.3 Å². The summed E-state index contributed by atoms with van der Waals surface area (Å²) in [7, 11) is 6.83. The Kier molecular flexibility index (Phi) is 8.67. The third-order valence-electron chi connectivity index (χ3n) is 5.94. The fourth-order valence-electron chi connectivity index (χ4n) is 3.83. The molecule has 0 aromatic heterocycles. The highest BCUT2D eigenvalue weighted by atomic mass is 16.5. The van der Waals surface area contributed by atoms with Crippen LogP contribution in [0.15, 0.2) is 48.2 Å². The number of rotatable bonds is 9. The Morgan fingerprint density at radius 3 is 2.47 bits per heavy atom. The van der Waals surface area contributed by atoms with E-state index in [1.165, 1.54) is 12.0 Å². The summed E-state index contributed by atoms with van der Waals surface area (Å²) < 4.78 is 16.8. The molecule has 182 valence electrons. The van der Waals surface area contributed by atoms with Crippen LogP contribution in [0.5, 0.6) is 11.5 Å². The molecular formula is C25H32N4O5. The number of piperazine rings is 1. The van der Waals surface area contributed by atoms with Gasteiger partial charge >= 0.3 is 0 Å². The van der Waals surface area contributed by atoms with E-state index in [0.717, 1.165) is 26.2 Å². The van der Waals surface area contributed by atoms with Crippen LogP contribution in [0, 0.1) is 0 Å². The number of likely N-dealkylation sites (N-methyl/N-ethyl adjacent to an activating group) is 1. The maximum Gasteiger partial charge on any atom is 0.258 e. The van der Waals surface area contributed by atoms with E-state index >= 15 is 0 Å². The van der Waals surface area contributed by atoms with E-state index < -0.39 is 0 Å². The second-order valence-corrected chi connectivity index (χ2v) is 8.15. The third kappa shape index (κ3) is 5.95. The first-order valence-electron chi connectivity index (χ1n) is 11.1. The van der Waals surface area contributed by atoms with Gasteiger partial charge in [0, 0.05) is 45.9 Å². The second kappa shape index (κ2) is 11.7. The number of hydrogen-bond acceptors (Lipinski definition) is 8. The lowest BCUT2D eigenvalue weighted by atomic mass is 10.1. The molecule has 0 radical (unpaired) electrons. The quantitative estimate of drug-likeness (QED) is 0.340. The van der Waals surface area contributed by atoms with E-state index in [4.69, 9.17) is 19.9 Å². The van der Waals surface area contributed by atoms with Gasteiger partial charge in [-0.25, -0.2) is 4.79 Å². The van der Waals surface area contributed by atoms with E-state index in [1.54, 1.807) is 56.6 Å². The highest BCUT2D eigenvalue weighted by Crippen LogP contribution is 2.31. The average Bonchev–Trinajstić information content (AvgIpc) is 2.86. The van der Waals surface area contributed by atoms with E-state index in [2.05, 4.69) is 16.8 Å². The lowest BCUT2D eigenvalue weighted by molar-refractivity contribution is -0.0532. The minimum absolute atomic E-state index is 0.105. The zero-order chi connectivity index (χ0) is 24.7. The van der Waals surface area contributed by atoms with Gasteiger partial charge in [-0.15, -0.1) is 0 Å². The third-order valence-corrected chi connectivity index (χ3v) is 5.94. The molecule has 1 heterocycles. The molecule has 1 atom stereocenters. The first-order valence-corrected chi connectivity index (χ1v) is 11.1. The standard InChI is InChI=1S/C25H32N4O5/c1-27-11-13-29(14-12-27)24(33-4)16-19(17-30)34-22-8-6-5-7-21(22)28(2)25(31)18-9-10-20(26)23(15-18)32-3/h5-10,15,24H,11-14,16,26H2,1-4H3. The van der Waals surface area contributed by atoms with Gasteiger partial charge in [0.25, 0.3) is 5.91 Å². The smallest absolute Gasteiger partial charge is 0.258 e. The zero-order valence-electron chi connectivity index (χ0n) is 20.1. The number of anilines is 2. The SMILES string of the molecule is COc1cc(C(=O)N(C)c2ccccc2OC(=C=O)CC(OC)N2CCN(C)CC2)ccc1N. The zero-order valence-corrected chi connectivity index (χ0v) is 20.1. The molecule has 0 saturated carbocycles. The van der Waals surface area contributed by atoms with Crippen LogP contribution in [0.2, 0.25) is 0 Å². The van der Waals surface area contributed by atoms with E-state index in [1.807, 2.05) is 5.94 Å². The van der Waals surface area contributed by atoms with Crippen molar-refractivity contribution < 1.29 is 23.8 Å². The Hall–Kier alpha value is -3.36. The summed E-state index contributed by atoms with van der Waals surface area (Å²) in [5, 5.41) is 0. The van der Waals surface area contributed by atoms with Crippen molar-refractivity contribution in [1.29, 1.82) is 0 Å². The van der Waals surface area contributed by atoms with Crippen LogP contribution >= 0.6 is 0 Å². The van der Waals surface area contributed by atoms with Crippen molar-refractivity contribution in [2.24, 2.45) is 0 Å². The van der Waals surface area contributed by atoms with E-state index in [0.29, 0.717) is 28.4 Å². The Balaban J connectivity index is 1.77. The summed E-state index contributed by atoms with van der Waals surface area (Å²) in [5.41, 5.74) is 7.22. The maximum absolute atomic E-state index is 13.1. The molecule has 2 aromatic rings. The number of para-hydroxylation sites is 2. The number of nitrogen functional groups attached to an aromatic ring is 1. The highest BCUT2D eigenvalue weighted by Gasteiger charge is 2.25. The Morgan fingerprint density at radius 2 is 1.82 bits per heavy atom. The number of carbonyl (C=O) groups is 1. The van der Waals surface area contributed by atoms with E-state index in [9.17, 15) is 9.59 Å². The van der Waals surface area contributed by atoms with Crippen LogP contribution in [-0.2, 0) is 9.53 Å². The number of benzene rings is 2.